The Morgan fingerprint density at radius 1 is 1.37 bits per heavy atom. The minimum Gasteiger partial charge on any atom is -0.366 e. The molecule has 0 spiro atoms. The van der Waals surface area contributed by atoms with Gasteiger partial charge in [-0.25, -0.2) is 9.67 Å². The Morgan fingerprint density at radius 2 is 2.21 bits per heavy atom. The molecule has 0 aromatic carbocycles. The number of nitrogens with two attached hydrogens (primary N) is 2. The summed E-state index contributed by atoms with van der Waals surface area (Å²) in [7, 11) is 0. The van der Waals surface area contributed by atoms with Crippen molar-refractivity contribution >= 4 is 11.6 Å². The monoisotopic (exact) mass is 256 g/mol. The lowest BCUT2D eigenvalue weighted by Crippen LogP contribution is -2.10. The van der Waals surface area contributed by atoms with Gasteiger partial charge in [-0.05, 0) is 12.1 Å². The molecule has 0 aliphatic carbocycles. The minimum absolute atomic E-state index is 0.312. The van der Waals surface area contributed by atoms with E-state index in [0.717, 1.165) is 11.3 Å². The van der Waals surface area contributed by atoms with Crippen LogP contribution in [-0.2, 0) is 6.54 Å². The molecule has 3 heterocycles. The smallest absolute Gasteiger partial charge is 0.251 e. The Labute approximate surface area is 108 Å². The van der Waals surface area contributed by atoms with Crippen molar-refractivity contribution in [2.24, 2.45) is 11.5 Å². The molecule has 7 heteroatoms. The van der Waals surface area contributed by atoms with Crippen molar-refractivity contribution in [3.05, 3.63) is 48.0 Å². The van der Waals surface area contributed by atoms with Gasteiger partial charge in [0.2, 0.25) is 0 Å². The van der Waals surface area contributed by atoms with E-state index in [-0.39, 0.29) is 0 Å². The molecule has 3 aromatic rings. The first-order valence-corrected chi connectivity index (χ1v) is 5.71. The molecule has 7 nitrogen and oxygen atoms in total. The fraction of sp³-hybridized carbons (Fsp3) is 0.0833. The standard InChI is InChI=1S/C12H12N6O/c13-5-9-12(16-10-3-1-2-4-17(9)10)18-7-8(6-15-18)11(14)19/h1-4,6-7H,5,13H2,(H2,14,19). The Morgan fingerprint density at radius 3 is 2.89 bits per heavy atom. The van der Waals surface area contributed by atoms with Gasteiger partial charge in [0.15, 0.2) is 5.82 Å². The highest BCUT2D eigenvalue weighted by Gasteiger charge is 2.14. The van der Waals surface area contributed by atoms with E-state index in [1.54, 1.807) is 6.20 Å². The van der Waals surface area contributed by atoms with E-state index < -0.39 is 5.91 Å². The quantitative estimate of drug-likeness (QED) is 0.692. The molecule has 0 saturated carbocycles. The maximum absolute atomic E-state index is 11.1. The number of carbonyl (C=O) groups is 1. The Bertz CT molecular complexity index is 757. The number of aromatic nitrogens is 4. The molecule has 96 valence electrons. The summed E-state index contributed by atoms with van der Waals surface area (Å²) in [4.78, 5) is 15.5. The highest BCUT2D eigenvalue weighted by molar-refractivity contribution is 5.92. The second kappa shape index (κ2) is 4.21. The van der Waals surface area contributed by atoms with E-state index in [1.165, 1.54) is 10.9 Å². The fourth-order valence-corrected chi connectivity index (χ4v) is 1.97. The average molecular weight is 256 g/mol. The summed E-state index contributed by atoms with van der Waals surface area (Å²) in [5.74, 6) is 0.0745. The lowest BCUT2D eigenvalue weighted by molar-refractivity contribution is 0.100. The van der Waals surface area contributed by atoms with Crippen LogP contribution in [0.4, 0.5) is 0 Å². The van der Waals surface area contributed by atoms with Crippen LogP contribution in [0.2, 0.25) is 0 Å². The number of nitrogens with zero attached hydrogens (tertiary/aromatic N) is 4. The first-order valence-electron chi connectivity index (χ1n) is 5.71. The van der Waals surface area contributed by atoms with Gasteiger partial charge in [-0.2, -0.15) is 5.10 Å². The third-order valence-electron chi connectivity index (χ3n) is 2.89. The minimum atomic E-state index is -0.524. The molecule has 1 amide bonds. The third-order valence-corrected chi connectivity index (χ3v) is 2.89. The molecule has 0 unspecified atom stereocenters. The van der Waals surface area contributed by atoms with Gasteiger partial charge in [0.05, 0.1) is 17.5 Å². The van der Waals surface area contributed by atoms with Crippen LogP contribution in [0.3, 0.4) is 0 Å². The van der Waals surface area contributed by atoms with Gasteiger partial charge >= 0.3 is 0 Å². The summed E-state index contributed by atoms with van der Waals surface area (Å²) in [6.07, 6.45) is 4.84. The zero-order valence-corrected chi connectivity index (χ0v) is 10.0. The predicted molar refractivity (Wildman–Crippen MR) is 68.7 cm³/mol. The number of fused-ring (bicyclic) bond motifs is 1. The van der Waals surface area contributed by atoms with Gasteiger partial charge in [0.25, 0.3) is 5.91 Å². The van der Waals surface area contributed by atoms with Crippen LogP contribution in [0.25, 0.3) is 11.5 Å². The van der Waals surface area contributed by atoms with Gasteiger partial charge in [-0.1, -0.05) is 6.07 Å². The van der Waals surface area contributed by atoms with E-state index in [0.29, 0.717) is 17.9 Å². The van der Waals surface area contributed by atoms with E-state index >= 15 is 0 Å². The van der Waals surface area contributed by atoms with Crippen LogP contribution in [0.15, 0.2) is 36.8 Å². The Balaban J connectivity index is 2.20. The van der Waals surface area contributed by atoms with Crippen LogP contribution < -0.4 is 11.5 Å². The molecule has 3 aromatic heterocycles. The lowest BCUT2D eigenvalue weighted by atomic mass is 10.3. The molecular weight excluding hydrogens is 244 g/mol. The SMILES string of the molecule is NCc1c(-n2cc(C(N)=O)cn2)nc2ccccn12. The van der Waals surface area contributed by atoms with Gasteiger partial charge in [0, 0.05) is 18.9 Å². The van der Waals surface area contributed by atoms with Gasteiger partial charge < -0.3 is 15.9 Å². The van der Waals surface area contributed by atoms with Crippen LogP contribution in [0, 0.1) is 0 Å². The van der Waals surface area contributed by atoms with Gasteiger partial charge in [-0.15, -0.1) is 0 Å². The highest BCUT2D eigenvalue weighted by Crippen LogP contribution is 2.16. The van der Waals surface area contributed by atoms with Crippen LogP contribution in [0.1, 0.15) is 16.1 Å². The van der Waals surface area contributed by atoms with E-state index in [1.807, 2.05) is 28.8 Å². The normalized spacial score (nSPS) is 11.0. The summed E-state index contributed by atoms with van der Waals surface area (Å²) >= 11 is 0. The Kier molecular flexibility index (Phi) is 2.53. The van der Waals surface area contributed by atoms with Crippen molar-refractivity contribution in [1.29, 1.82) is 0 Å². The van der Waals surface area contributed by atoms with E-state index in [4.69, 9.17) is 11.5 Å². The third kappa shape index (κ3) is 1.76. The maximum atomic E-state index is 11.1. The average Bonchev–Trinajstić information content (AvgIpc) is 3.02. The molecule has 0 saturated heterocycles. The number of pyridine rings is 1. The molecule has 19 heavy (non-hydrogen) atoms. The van der Waals surface area contributed by atoms with E-state index in [9.17, 15) is 4.79 Å². The summed E-state index contributed by atoms with van der Waals surface area (Å²) < 4.78 is 3.40. The first kappa shape index (κ1) is 11.4. The summed E-state index contributed by atoms with van der Waals surface area (Å²) in [6.45, 7) is 0.312. The van der Waals surface area contributed by atoms with Gasteiger partial charge in [0.1, 0.15) is 5.65 Å². The lowest BCUT2D eigenvalue weighted by Gasteiger charge is -2.01. The Hall–Kier alpha value is -2.67. The number of hydrogen-bond donors (Lipinski definition) is 2. The molecule has 0 radical (unpaired) electrons. The number of imidazole rings is 1. The van der Waals surface area contributed by atoms with Crippen LogP contribution in [0.5, 0.6) is 0 Å². The van der Waals surface area contributed by atoms with Crippen molar-refractivity contribution in [1.82, 2.24) is 19.2 Å². The molecule has 0 aliphatic rings. The summed E-state index contributed by atoms with van der Waals surface area (Å²) in [6, 6.07) is 5.67. The van der Waals surface area contributed by atoms with E-state index in [2.05, 4.69) is 10.1 Å². The summed E-state index contributed by atoms with van der Waals surface area (Å²) in [5, 5.41) is 4.10. The van der Waals surface area contributed by atoms with Crippen molar-refractivity contribution < 1.29 is 4.79 Å². The number of rotatable bonds is 3. The molecule has 0 atom stereocenters. The predicted octanol–water partition coefficient (Wildman–Crippen LogP) is 0.0776. The zero-order valence-electron chi connectivity index (χ0n) is 10.0. The number of hydrogen-bond acceptors (Lipinski definition) is 4. The molecule has 0 aliphatic heterocycles. The molecular formula is C12H12N6O. The topological polar surface area (TPSA) is 104 Å². The van der Waals surface area contributed by atoms with Crippen molar-refractivity contribution in [2.45, 2.75) is 6.54 Å². The van der Waals surface area contributed by atoms with Crippen LogP contribution in [-0.4, -0.2) is 25.1 Å². The highest BCUT2D eigenvalue weighted by atomic mass is 16.1. The van der Waals surface area contributed by atoms with Crippen molar-refractivity contribution in [3.8, 4) is 5.82 Å². The largest absolute Gasteiger partial charge is 0.366 e. The van der Waals surface area contributed by atoms with Crippen molar-refractivity contribution in [2.75, 3.05) is 0 Å². The second-order valence-electron chi connectivity index (χ2n) is 4.05. The molecule has 0 bridgehead atoms. The van der Waals surface area contributed by atoms with Crippen LogP contribution >= 0.6 is 0 Å². The fourth-order valence-electron chi connectivity index (χ4n) is 1.97. The first-order chi connectivity index (χ1) is 9.20. The number of carbonyl (C=O) groups excluding carboxylic acids is 1. The molecule has 0 fully saturated rings. The van der Waals surface area contributed by atoms with Crippen molar-refractivity contribution in [3.63, 3.8) is 0 Å². The molecule has 3 rings (SSSR count). The second-order valence-corrected chi connectivity index (χ2v) is 4.05. The maximum Gasteiger partial charge on any atom is 0.251 e. The molecule has 4 N–H and O–H groups in total. The number of primary amides is 1. The summed E-state index contributed by atoms with van der Waals surface area (Å²) in [5.41, 5.74) is 12.9. The van der Waals surface area contributed by atoms with Gasteiger partial charge in [-0.3, -0.25) is 4.79 Å². The number of amides is 1. The zero-order chi connectivity index (χ0) is 13.4.